The number of hydrogen-bond donors (Lipinski definition) is 1. The highest BCUT2D eigenvalue weighted by molar-refractivity contribution is 5.98. The van der Waals surface area contributed by atoms with Crippen LogP contribution >= 0.6 is 0 Å². The Labute approximate surface area is 134 Å². The van der Waals surface area contributed by atoms with E-state index in [1.54, 1.807) is 4.68 Å². The van der Waals surface area contributed by atoms with Crippen LogP contribution in [0.3, 0.4) is 0 Å². The number of hydrazone groups is 1. The fourth-order valence-corrected chi connectivity index (χ4v) is 2.27. The second-order valence-electron chi connectivity index (χ2n) is 5.28. The number of aromatic nitrogens is 4. The van der Waals surface area contributed by atoms with E-state index >= 15 is 0 Å². The zero-order valence-corrected chi connectivity index (χ0v) is 13.4. The molecule has 0 fully saturated rings. The summed E-state index contributed by atoms with van der Waals surface area (Å²) in [6, 6.07) is 13.8. The van der Waals surface area contributed by atoms with Crippen molar-refractivity contribution in [1.29, 1.82) is 0 Å². The van der Waals surface area contributed by atoms with E-state index in [4.69, 9.17) is 0 Å². The van der Waals surface area contributed by atoms with Crippen molar-refractivity contribution in [3.63, 3.8) is 0 Å². The van der Waals surface area contributed by atoms with Gasteiger partial charge < -0.3 is 0 Å². The van der Waals surface area contributed by atoms with Crippen molar-refractivity contribution < 1.29 is 0 Å². The molecule has 0 bridgehead atoms. The summed E-state index contributed by atoms with van der Waals surface area (Å²) in [7, 11) is 0. The standard InChI is InChI=1S/C17H18N6/c1-12-9-13(2)23(22-12)17-10-16(18-11-19-17)21-20-14(3)15-7-5-4-6-8-15/h4-11H,1-3H3,(H,18,19,21). The molecule has 2 heterocycles. The first kappa shape index (κ1) is 14.9. The molecule has 0 saturated carbocycles. The van der Waals surface area contributed by atoms with Gasteiger partial charge in [-0.2, -0.15) is 10.2 Å². The molecule has 0 aliphatic rings. The fourth-order valence-electron chi connectivity index (χ4n) is 2.27. The number of aryl methyl sites for hydroxylation is 2. The zero-order valence-electron chi connectivity index (χ0n) is 13.4. The van der Waals surface area contributed by atoms with Gasteiger partial charge in [-0.1, -0.05) is 30.3 Å². The van der Waals surface area contributed by atoms with E-state index in [0.717, 1.165) is 22.7 Å². The monoisotopic (exact) mass is 306 g/mol. The highest BCUT2D eigenvalue weighted by atomic mass is 15.3. The molecule has 0 amide bonds. The summed E-state index contributed by atoms with van der Waals surface area (Å²) in [4.78, 5) is 8.47. The van der Waals surface area contributed by atoms with Gasteiger partial charge in [-0.25, -0.2) is 14.6 Å². The predicted molar refractivity (Wildman–Crippen MR) is 90.9 cm³/mol. The summed E-state index contributed by atoms with van der Waals surface area (Å²) in [5, 5.41) is 8.80. The minimum atomic E-state index is 0.623. The normalized spacial score (nSPS) is 11.5. The lowest BCUT2D eigenvalue weighted by Gasteiger charge is -2.06. The van der Waals surface area contributed by atoms with Crippen LogP contribution in [0.4, 0.5) is 5.82 Å². The van der Waals surface area contributed by atoms with Crippen molar-refractivity contribution in [2.75, 3.05) is 5.43 Å². The van der Waals surface area contributed by atoms with Crippen molar-refractivity contribution in [1.82, 2.24) is 19.7 Å². The second kappa shape index (κ2) is 6.39. The van der Waals surface area contributed by atoms with Gasteiger partial charge in [0, 0.05) is 11.8 Å². The molecule has 1 aromatic carbocycles. The Bertz CT molecular complexity index is 835. The molecule has 0 unspecified atom stereocenters. The Morgan fingerprint density at radius 1 is 1.09 bits per heavy atom. The van der Waals surface area contributed by atoms with Crippen LogP contribution in [0.25, 0.3) is 5.82 Å². The Kier molecular flexibility index (Phi) is 4.14. The van der Waals surface area contributed by atoms with Gasteiger partial charge in [0.1, 0.15) is 6.33 Å². The lowest BCUT2D eigenvalue weighted by molar-refractivity contribution is 0.801. The maximum absolute atomic E-state index is 4.43. The average Bonchev–Trinajstić information content (AvgIpc) is 2.92. The highest BCUT2D eigenvalue weighted by Gasteiger charge is 2.06. The second-order valence-corrected chi connectivity index (χ2v) is 5.28. The third-order valence-corrected chi connectivity index (χ3v) is 3.41. The average molecular weight is 306 g/mol. The Balaban J connectivity index is 1.82. The highest BCUT2D eigenvalue weighted by Crippen LogP contribution is 2.12. The van der Waals surface area contributed by atoms with E-state index in [9.17, 15) is 0 Å². The minimum Gasteiger partial charge on any atom is -0.261 e. The van der Waals surface area contributed by atoms with Crippen molar-refractivity contribution in [2.45, 2.75) is 20.8 Å². The molecule has 6 nitrogen and oxygen atoms in total. The summed E-state index contributed by atoms with van der Waals surface area (Å²) >= 11 is 0. The van der Waals surface area contributed by atoms with Crippen LogP contribution in [0.5, 0.6) is 0 Å². The van der Waals surface area contributed by atoms with Crippen LogP contribution in [0.1, 0.15) is 23.9 Å². The summed E-state index contributed by atoms with van der Waals surface area (Å²) < 4.78 is 1.79. The van der Waals surface area contributed by atoms with Crippen LogP contribution in [0.15, 0.2) is 53.9 Å². The Morgan fingerprint density at radius 3 is 2.57 bits per heavy atom. The molecule has 0 aliphatic carbocycles. The zero-order chi connectivity index (χ0) is 16.2. The molecule has 0 atom stereocenters. The number of anilines is 1. The lowest BCUT2D eigenvalue weighted by Crippen LogP contribution is -2.05. The fraction of sp³-hybridized carbons (Fsp3) is 0.176. The molecule has 6 heteroatoms. The largest absolute Gasteiger partial charge is 0.261 e. The predicted octanol–water partition coefficient (Wildman–Crippen LogP) is 3.12. The summed E-state index contributed by atoms with van der Waals surface area (Å²) in [6.45, 7) is 5.90. The van der Waals surface area contributed by atoms with E-state index < -0.39 is 0 Å². The van der Waals surface area contributed by atoms with Crippen LogP contribution in [0, 0.1) is 13.8 Å². The maximum atomic E-state index is 4.43. The van der Waals surface area contributed by atoms with E-state index in [0.29, 0.717) is 11.6 Å². The van der Waals surface area contributed by atoms with E-state index in [2.05, 4.69) is 25.6 Å². The van der Waals surface area contributed by atoms with Crippen molar-refractivity contribution in [2.24, 2.45) is 5.10 Å². The molecule has 1 N–H and O–H groups in total. The van der Waals surface area contributed by atoms with Crippen LogP contribution in [-0.4, -0.2) is 25.5 Å². The molecule has 0 spiro atoms. The first-order valence-electron chi connectivity index (χ1n) is 7.35. The summed E-state index contributed by atoms with van der Waals surface area (Å²) in [5.74, 6) is 1.33. The SMILES string of the molecule is CC(=NNc1cc(-n2nc(C)cc2C)ncn1)c1ccccc1. The van der Waals surface area contributed by atoms with E-state index in [1.807, 2.05) is 63.2 Å². The molecular weight excluding hydrogens is 288 g/mol. The van der Waals surface area contributed by atoms with E-state index in [-0.39, 0.29) is 0 Å². The Hall–Kier alpha value is -3.02. The molecule has 3 aromatic rings. The molecular formula is C17H18N6. The van der Waals surface area contributed by atoms with Crippen molar-refractivity contribution in [3.05, 3.63) is 65.7 Å². The third kappa shape index (κ3) is 3.42. The molecule has 23 heavy (non-hydrogen) atoms. The van der Waals surface area contributed by atoms with E-state index in [1.165, 1.54) is 6.33 Å². The molecule has 116 valence electrons. The van der Waals surface area contributed by atoms with Crippen LogP contribution in [-0.2, 0) is 0 Å². The Morgan fingerprint density at radius 2 is 1.87 bits per heavy atom. The number of nitrogens with zero attached hydrogens (tertiary/aromatic N) is 5. The first-order chi connectivity index (χ1) is 11.1. The van der Waals surface area contributed by atoms with Gasteiger partial charge in [-0.05, 0) is 32.4 Å². The maximum Gasteiger partial charge on any atom is 0.159 e. The number of hydrogen-bond acceptors (Lipinski definition) is 5. The van der Waals surface area contributed by atoms with Crippen LogP contribution in [0.2, 0.25) is 0 Å². The summed E-state index contributed by atoms with van der Waals surface area (Å²) in [5.41, 5.74) is 6.90. The smallest absolute Gasteiger partial charge is 0.159 e. The number of rotatable bonds is 4. The van der Waals surface area contributed by atoms with Gasteiger partial charge in [0.05, 0.1) is 11.4 Å². The van der Waals surface area contributed by atoms with Crippen molar-refractivity contribution in [3.8, 4) is 5.82 Å². The molecule has 0 saturated heterocycles. The minimum absolute atomic E-state index is 0.623. The number of benzene rings is 1. The lowest BCUT2D eigenvalue weighted by atomic mass is 10.1. The first-order valence-corrected chi connectivity index (χ1v) is 7.35. The molecule has 0 radical (unpaired) electrons. The third-order valence-electron chi connectivity index (χ3n) is 3.41. The summed E-state index contributed by atoms with van der Waals surface area (Å²) in [6.07, 6.45) is 1.50. The topological polar surface area (TPSA) is 68.0 Å². The van der Waals surface area contributed by atoms with Gasteiger partial charge in [0.25, 0.3) is 0 Å². The van der Waals surface area contributed by atoms with Crippen LogP contribution < -0.4 is 5.43 Å². The van der Waals surface area contributed by atoms with Gasteiger partial charge in [-0.15, -0.1) is 0 Å². The molecule has 3 rings (SSSR count). The van der Waals surface area contributed by atoms with Gasteiger partial charge in [0.2, 0.25) is 0 Å². The quantitative estimate of drug-likeness (QED) is 0.594. The van der Waals surface area contributed by atoms with Gasteiger partial charge >= 0.3 is 0 Å². The van der Waals surface area contributed by atoms with Gasteiger partial charge in [-0.3, -0.25) is 5.43 Å². The molecule has 2 aromatic heterocycles. The number of nitrogens with one attached hydrogen (secondary N) is 1. The van der Waals surface area contributed by atoms with Gasteiger partial charge in [0.15, 0.2) is 11.6 Å². The van der Waals surface area contributed by atoms with Crippen molar-refractivity contribution >= 4 is 11.5 Å². The molecule has 0 aliphatic heterocycles.